The molecule has 0 radical (unpaired) electrons. The van der Waals surface area contributed by atoms with Crippen molar-refractivity contribution in [3.63, 3.8) is 0 Å². The smallest absolute Gasteiger partial charge is 0.164 e. The summed E-state index contributed by atoms with van der Waals surface area (Å²) in [6.07, 6.45) is 7.03. The van der Waals surface area contributed by atoms with Gasteiger partial charge in [0.05, 0.1) is 0 Å². The Morgan fingerprint density at radius 3 is 1.62 bits per heavy atom. The Bertz CT molecular complexity index is 3140. The monoisotopic (exact) mass is 769 g/mol. The van der Waals surface area contributed by atoms with E-state index >= 15 is 0 Å². The third-order valence-corrected chi connectivity index (χ3v) is 14.9. The van der Waals surface area contributed by atoms with E-state index < -0.39 is 0 Å². The Morgan fingerprint density at radius 2 is 0.883 bits per heavy atom. The molecule has 0 unspecified atom stereocenters. The van der Waals surface area contributed by atoms with E-state index in [4.69, 9.17) is 15.0 Å². The molecule has 1 spiro atoms. The lowest BCUT2D eigenvalue weighted by Crippen LogP contribution is -2.55. The molecule has 4 saturated carbocycles. The average molecular weight is 770 g/mol. The summed E-state index contributed by atoms with van der Waals surface area (Å²) < 4.78 is 0. The molecule has 0 aliphatic heterocycles. The van der Waals surface area contributed by atoms with Crippen molar-refractivity contribution >= 4 is 21.5 Å². The Hall–Kier alpha value is -6.71. The predicted molar refractivity (Wildman–Crippen MR) is 245 cm³/mol. The minimum absolute atomic E-state index is 0.138. The standard InChI is InChI=1S/C57H43N3/c1-3-11-37(12-4-1)39-17-9-19-44(30-39)55-58-54(38-13-5-2-6-14-38)59-56(60-55)45-21-23-49-42(31-45)18-10-20-48(49)43-22-24-52-50(33-43)51-32-40-15-7-8-16-41(40)34-53(51)57(52)46-26-35-25-36(28-46)29-47(57)27-35/h1-24,30-36,46-47H,25-29H2. The largest absolute Gasteiger partial charge is 0.208 e. The van der Waals surface area contributed by atoms with Crippen LogP contribution in [0.2, 0.25) is 0 Å². The molecule has 0 atom stereocenters. The molecule has 3 heteroatoms. The number of rotatable bonds is 5. The minimum atomic E-state index is 0.138. The summed E-state index contributed by atoms with van der Waals surface area (Å²) in [7, 11) is 0. The van der Waals surface area contributed by atoms with Crippen LogP contribution in [0.5, 0.6) is 0 Å². The van der Waals surface area contributed by atoms with Gasteiger partial charge in [-0.15, -0.1) is 0 Å². The van der Waals surface area contributed by atoms with Gasteiger partial charge in [0.15, 0.2) is 17.5 Å². The molecule has 1 aromatic heterocycles. The first-order chi connectivity index (χ1) is 29.7. The Labute approximate surface area is 350 Å². The molecule has 4 fully saturated rings. The van der Waals surface area contributed by atoms with Crippen LogP contribution >= 0.6 is 0 Å². The van der Waals surface area contributed by atoms with Gasteiger partial charge >= 0.3 is 0 Å². The molecule has 8 aromatic carbocycles. The molecular formula is C57H43N3. The van der Waals surface area contributed by atoms with Crippen molar-refractivity contribution in [2.45, 2.75) is 37.5 Å². The summed E-state index contributed by atoms with van der Waals surface area (Å²) in [4.78, 5) is 15.3. The number of benzene rings is 8. The SMILES string of the molecule is c1ccc(-c2cccc(-c3nc(-c4ccccc4)nc(-c4ccc5c(-c6ccc7c(c6)-c6cc8ccccc8cc6C76C7CC8CC(C7)CC6C8)cccc5c4)n3)c2)cc1. The van der Waals surface area contributed by atoms with E-state index in [1.165, 1.54) is 75.9 Å². The molecule has 5 aliphatic carbocycles. The predicted octanol–water partition coefficient (Wildman–Crippen LogP) is 14.2. The fourth-order valence-electron chi connectivity index (χ4n) is 12.5. The number of hydrogen-bond donors (Lipinski definition) is 0. The maximum Gasteiger partial charge on any atom is 0.164 e. The third kappa shape index (κ3) is 5.18. The van der Waals surface area contributed by atoms with Crippen molar-refractivity contribution in [1.29, 1.82) is 0 Å². The van der Waals surface area contributed by atoms with Gasteiger partial charge in [-0.3, -0.25) is 0 Å². The minimum Gasteiger partial charge on any atom is -0.208 e. The highest BCUT2D eigenvalue weighted by Crippen LogP contribution is 2.69. The first-order valence-corrected chi connectivity index (χ1v) is 21.8. The van der Waals surface area contributed by atoms with Crippen LogP contribution in [0.25, 0.3) is 89.1 Å². The van der Waals surface area contributed by atoms with Crippen molar-refractivity contribution in [3.05, 3.63) is 187 Å². The van der Waals surface area contributed by atoms with Gasteiger partial charge in [-0.1, -0.05) is 146 Å². The molecule has 9 aromatic rings. The first kappa shape index (κ1) is 34.2. The van der Waals surface area contributed by atoms with Gasteiger partial charge in [0.1, 0.15) is 0 Å². The van der Waals surface area contributed by atoms with Gasteiger partial charge in [0.25, 0.3) is 0 Å². The molecule has 3 nitrogen and oxygen atoms in total. The summed E-state index contributed by atoms with van der Waals surface area (Å²) in [5.41, 5.74) is 14.0. The van der Waals surface area contributed by atoms with E-state index in [0.29, 0.717) is 17.5 Å². The van der Waals surface area contributed by atoms with Crippen molar-refractivity contribution < 1.29 is 0 Å². The van der Waals surface area contributed by atoms with E-state index in [-0.39, 0.29) is 5.41 Å². The zero-order valence-corrected chi connectivity index (χ0v) is 33.4. The van der Waals surface area contributed by atoms with Crippen LogP contribution in [0.4, 0.5) is 0 Å². The van der Waals surface area contributed by atoms with Crippen molar-refractivity contribution in [1.82, 2.24) is 15.0 Å². The van der Waals surface area contributed by atoms with E-state index in [1.807, 2.05) is 24.3 Å². The molecule has 1 heterocycles. The quantitative estimate of drug-likeness (QED) is 0.175. The molecule has 0 amide bonds. The third-order valence-electron chi connectivity index (χ3n) is 14.9. The molecule has 60 heavy (non-hydrogen) atoms. The maximum absolute atomic E-state index is 5.15. The second-order valence-electron chi connectivity index (χ2n) is 18.0. The Balaban J connectivity index is 0.930. The molecule has 4 bridgehead atoms. The topological polar surface area (TPSA) is 38.7 Å². The summed E-state index contributed by atoms with van der Waals surface area (Å²) in [6, 6.07) is 64.3. The molecule has 14 rings (SSSR count). The van der Waals surface area contributed by atoms with E-state index in [0.717, 1.165) is 51.5 Å². The van der Waals surface area contributed by atoms with Crippen LogP contribution in [0.15, 0.2) is 176 Å². The van der Waals surface area contributed by atoms with Gasteiger partial charge < -0.3 is 0 Å². The summed E-state index contributed by atoms with van der Waals surface area (Å²) >= 11 is 0. The Morgan fingerprint density at radius 1 is 0.333 bits per heavy atom. The van der Waals surface area contributed by atoms with Gasteiger partial charge in [-0.05, 0) is 152 Å². The van der Waals surface area contributed by atoms with Gasteiger partial charge in [0, 0.05) is 22.1 Å². The first-order valence-electron chi connectivity index (χ1n) is 21.8. The lowest BCUT2D eigenvalue weighted by Gasteiger charge is -2.61. The molecular weight excluding hydrogens is 727 g/mol. The van der Waals surface area contributed by atoms with Crippen LogP contribution in [-0.4, -0.2) is 15.0 Å². The molecule has 5 aliphatic rings. The van der Waals surface area contributed by atoms with Crippen LogP contribution in [-0.2, 0) is 5.41 Å². The summed E-state index contributed by atoms with van der Waals surface area (Å²) in [6.45, 7) is 0. The fraction of sp³-hybridized carbons (Fsp3) is 0.175. The summed E-state index contributed by atoms with van der Waals surface area (Å²) in [5, 5.41) is 5.12. The van der Waals surface area contributed by atoms with Crippen LogP contribution < -0.4 is 0 Å². The van der Waals surface area contributed by atoms with Gasteiger partial charge in [-0.2, -0.15) is 0 Å². The normalized spacial score (nSPS) is 22.1. The lowest BCUT2D eigenvalue weighted by molar-refractivity contribution is -0.0398. The van der Waals surface area contributed by atoms with E-state index in [9.17, 15) is 0 Å². The van der Waals surface area contributed by atoms with Crippen LogP contribution in [0.3, 0.4) is 0 Å². The van der Waals surface area contributed by atoms with Gasteiger partial charge in [0.2, 0.25) is 0 Å². The maximum atomic E-state index is 5.15. The highest BCUT2D eigenvalue weighted by molar-refractivity contribution is 6.01. The average Bonchev–Trinajstić information content (AvgIpc) is 3.58. The van der Waals surface area contributed by atoms with Crippen LogP contribution in [0.1, 0.15) is 43.2 Å². The van der Waals surface area contributed by atoms with E-state index in [1.54, 1.807) is 11.1 Å². The van der Waals surface area contributed by atoms with Crippen LogP contribution in [0, 0.1) is 23.7 Å². The Kier molecular flexibility index (Phi) is 7.49. The summed E-state index contributed by atoms with van der Waals surface area (Å²) in [5.74, 6) is 5.31. The number of nitrogens with zero attached hydrogens (tertiary/aromatic N) is 3. The highest BCUT2D eigenvalue weighted by Gasteiger charge is 2.61. The molecule has 0 N–H and O–H groups in total. The lowest BCUT2D eigenvalue weighted by atomic mass is 9.43. The van der Waals surface area contributed by atoms with Crippen molar-refractivity contribution in [2.75, 3.05) is 0 Å². The van der Waals surface area contributed by atoms with E-state index in [2.05, 4.69) is 152 Å². The molecule has 286 valence electrons. The van der Waals surface area contributed by atoms with Gasteiger partial charge in [-0.25, -0.2) is 15.0 Å². The zero-order chi connectivity index (χ0) is 39.4. The number of hydrogen-bond acceptors (Lipinski definition) is 3. The second-order valence-corrected chi connectivity index (χ2v) is 18.0. The fourth-order valence-corrected chi connectivity index (χ4v) is 12.5. The van der Waals surface area contributed by atoms with Crippen molar-refractivity contribution in [3.8, 4) is 67.5 Å². The molecule has 0 saturated heterocycles. The number of fused-ring (bicyclic) bond motifs is 5. The zero-order valence-electron chi connectivity index (χ0n) is 33.4. The highest BCUT2D eigenvalue weighted by atomic mass is 15.0. The number of aromatic nitrogens is 3. The second kappa shape index (κ2) is 13.1. The van der Waals surface area contributed by atoms with Crippen molar-refractivity contribution in [2.24, 2.45) is 23.7 Å².